The van der Waals surface area contributed by atoms with E-state index in [0.717, 1.165) is 11.4 Å². The maximum atomic E-state index is 2.38. The molecule has 0 radical (unpaired) electrons. The maximum Gasteiger partial charge on any atom is 0.0490 e. The molecule has 0 unspecified atom stereocenters. The Balaban J connectivity index is 1.12. The molecular weight excluding hydrogens is 555 g/mol. The molecule has 0 N–H and O–H groups in total. The standard InChI is InChI=1S/C45H31N/c1-30-10-8-9-15-45(30)46(39-21-18-33(19-22-39)31-11-4-2-5-12-31)40-23-20-36-27-42-43-28-37-24-34(32-13-6-3-7-14-32)16-17-35(37)26-41(43)44(42)29-38(36)25-40/h2-29H,1H3. The van der Waals surface area contributed by atoms with Gasteiger partial charge in [-0.1, -0.05) is 109 Å². The summed E-state index contributed by atoms with van der Waals surface area (Å²) in [5, 5.41) is 5.08. The summed E-state index contributed by atoms with van der Waals surface area (Å²) >= 11 is 0. The molecule has 1 heteroatoms. The summed E-state index contributed by atoms with van der Waals surface area (Å²) in [7, 11) is 0. The predicted octanol–water partition coefficient (Wildman–Crippen LogP) is 12.8. The fourth-order valence-electron chi connectivity index (χ4n) is 7.04. The van der Waals surface area contributed by atoms with Crippen molar-refractivity contribution in [2.24, 2.45) is 0 Å². The molecule has 0 bridgehead atoms. The van der Waals surface area contributed by atoms with Gasteiger partial charge in [0.05, 0.1) is 0 Å². The molecule has 46 heavy (non-hydrogen) atoms. The van der Waals surface area contributed by atoms with Crippen molar-refractivity contribution >= 4 is 38.6 Å². The zero-order valence-electron chi connectivity index (χ0n) is 25.6. The maximum absolute atomic E-state index is 2.38. The van der Waals surface area contributed by atoms with Gasteiger partial charge in [-0.05, 0) is 139 Å². The Kier molecular flexibility index (Phi) is 6.11. The van der Waals surface area contributed by atoms with Crippen LogP contribution in [0.5, 0.6) is 0 Å². The van der Waals surface area contributed by atoms with Gasteiger partial charge in [-0.25, -0.2) is 0 Å². The highest BCUT2D eigenvalue weighted by molar-refractivity contribution is 6.12. The van der Waals surface area contributed by atoms with Gasteiger partial charge in [0.15, 0.2) is 0 Å². The Morgan fingerprint density at radius 2 is 0.783 bits per heavy atom. The topological polar surface area (TPSA) is 3.24 Å². The van der Waals surface area contributed by atoms with Crippen molar-refractivity contribution < 1.29 is 0 Å². The van der Waals surface area contributed by atoms with Gasteiger partial charge in [-0.3, -0.25) is 0 Å². The van der Waals surface area contributed by atoms with Crippen LogP contribution in [-0.4, -0.2) is 0 Å². The number of aryl methyl sites for hydroxylation is 1. The molecule has 1 nitrogen and oxygen atoms in total. The fourth-order valence-corrected chi connectivity index (χ4v) is 7.04. The summed E-state index contributed by atoms with van der Waals surface area (Å²) in [6.45, 7) is 2.19. The largest absolute Gasteiger partial charge is 0.310 e. The lowest BCUT2D eigenvalue weighted by Crippen LogP contribution is -2.11. The molecule has 0 amide bonds. The fraction of sp³-hybridized carbons (Fsp3) is 0.0222. The minimum atomic E-state index is 1.14. The first kappa shape index (κ1) is 26.5. The van der Waals surface area contributed by atoms with Gasteiger partial charge < -0.3 is 4.90 Å². The number of rotatable bonds is 5. The molecule has 216 valence electrons. The Hall–Kier alpha value is -5.92. The van der Waals surface area contributed by atoms with Crippen LogP contribution in [-0.2, 0) is 0 Å². The van der Waals surface area contributed by atoms with Gasteiger partial charge >= 0.3 is 0 Å². The minimum absolute atomic E-state index is 1.14. The molecule has 1 aliphatic carbocycles. The van der Waals surface area contributed by atoms with E-state index in [2.05, 4.69) is 182 Å². The van der Waals surface area contributed by atoms with E-state index in [9.17, 15) is 0 Å². The second-order valence-corrected chi connectivity index (χ2v) is 12.3. The first-order valence-corrected chi connectivity index (χ1v) is 15.9. The van der Waals surface area contributed by atoms with Crippen LogP contribution in [0.1, 0.15) is 5.56 Å². The highest BCUT2D eigenvalue weighted by atomic mass is 15.1. The number of hydrogen-bond acceptors (Lipinski definition) is 1. The number of hydrogen-bond donors (Lipinski definition) is 0. The molecule has 0 fully saturated rings. The van der Waals surface area contributed by atoms with Crippen LogP contribution in [0, 0.1) is 6.92 Å². The van der Waals surface area contributed by atoms with E-state index in [0.29, 0.717) is 0 Å². The van der Waals surface area contributed by atoms with Crippen LogP contribution in [0.2, 0.25) is 0 Å². The van der Waals surface area contributed by atoms with Gasteiger partial charge in [-0.2, -0.15) is 0 Å². The van der Waals surface area contributed by atoms with E-state index in [1.54, 1.807) is 0 Å². The zero-order valence-corrected chi connectivity index (χ0v) is 25.6. The van der Waals surface area contributed by atoms with E-state index in [1.165, 1.54) is 77.3 Å². The van der Waals surface area contributed by atoms with E-state index < -0.39 is 0 Å². The van der Waals surface area contributed by atoms with Gasteiger partial charge in [0.25, 0.3) is 0 Å². The molecule has 0 spiro atoms. The molecule has 0 aromatic heterocycles. The summed E-state index contributed by atoms with van der Waals surface area (Å²) < 4.78 is 0. The molecule has 0 saturated carbocycles. The Morgan fingerprint density at radius 1 is 0.326 bits per heavy atom. The molecule has 8 aromatic rings. The normalized spacial score (nSPS) is 11.6. The molecule has 8 aromatic carbocycles. The minimum Gasteiger partial charge on any atom is -0.310 e. The molecule has 9 rings (SSSR count). The van der Waals surface area contributed by atoms with Crippen LogP contribution in [0.15, 0.2) is 170 Å². The molecular formula is C45H31N. The third-order valence-electron chi connectivity index (χ3n) is 9.47. The summed E-state index contributed by atoms with van der Waals surface area (Å²) in [4.78, 5) is 2.38. The van der Waals surface area contributed by atoms with E-state index >= 15 is 0 Å². The van der Waals surface area contributed by atoms with Crippen molar-refractivity contribution in [3.05, 3.63) is 175 Å². The van der Waals surface area contributed by atoms with Crippen molar-refractivity contribution in [2.45, 2.75) is 6.92 Å². The summed E-state index contributed by atoms with van der Waals surface area (Å²) in [5.41, 5.74) is 15.0. The molecule has 1 aliphatic rings. The summed E-state index contributed by atoms with van der Waals surface area (Å²) in [6.07, 6.45) is 0. The van der Waals surface area contributed by atoms with Gasteiger partial charge in [0.1, 0.15) is 0 Å². The lowest BCUT2D eigenvalue weighted by atomic mass is 9.77. The highest BCUT2D eigenvalue weighted by Crippen LogP contribution is 2.51. The van der Waals surface area contributed by atoms with Gasteiger partial charge in [0, 0.05) is 17.1 Å². The van der Waals surface area contributed by atoms with Crippen molar-refractivity contribution in [3.63, 3.8) is 0 Å². The zero-order chi connectivity index (χ0) is 30.6. The van der Waals surface area contributed by atoms with E-state index in [-0.39, 0.29) is 0 Å². The number of benzene rings is 8. The van der Waals surface area contributed by atoms with E-state index in [4.69, 9.17) is 0 Å². The average Bonchev–Trinajstić information content (AvgIpc) is 3.12. The molecule has 0 heterocycles. The van der Waals surface area contributed by atoms with Gasteiger partial charge in [0.2, 0.25) is 0 Å². The van der Waals surface area contributed by atoms with Crippen LogP contribution < -0.4 is 4.90 Å². The number of anilines is 3. The third kappa shape index (κ3) is 4.40. The smallest absolute Gasteiger partial charge is 0.0490 e. The quantitative estimate of drug-likeness (QED) is 0.194. The van der Waals surface area contributed by atoms with Gasteiger partial charge in [-0.15, -0.1) is 0 Å². The first-order valence-electron chi connectivity index (χ1n) is 15.9. The van der Waals surface area contributed by atoms with Crippen LogP contribution in [0.4, 0.5) is 17.1 Å². The first-order chi connectivity index (χ1) is 22.7. The number of fused-ring (bicyclic) bond motifs is 6. The average molecular weight is 586 g/mol. The lowest BCUT2D eigenvalue weighted by Gasteiger charge is -2.29. The van der Waals surface area contributed by atoms with Crippen LogP contribution in [0.3, 0.4) is 0 Å². The van der Waals surface area contributed by atoms with E-state index in [1.807, 2.05) is 0 Å². The van der Waals surface area contributed by atoms with Crippen molar-refractivity contribution in [2.75, 3.05) is 4.90 Å². The Morgan fingerprint density at radius 3 is 1.41 bits per heavy atom. The third-order valence-corrected chi connectivity index (χ3v) is 9.47. The monoisotopic (exact) mass is 585 g/mol. The number of para-hydroxylation sites is 1. The summed E-state index contributed by atoms with van der Waals surface area (Å²) in [5.74, 6) is 0. The van der Waals surface area contributed by atoms with Crippen LogP contribution in [0.25, 0.3) is 66.1 Å². The summed E-state index contributed by atoms with van der Waals surface area (Å²) in [6, 6.07) is 62.0. The second-order valence-electron chi connectivity index (χ2n) is 12.3. The van der Waals surface area contributed by atoms with Crippen molar-refractivity contribution in [1.29, 1.82) is 0 Å². The number of nitrogens with zero attached hydrogens (tertiary/aromatic N) is 1. The van der Waals surface area contributed by atoms with Crippen molar-refractivity contribution in [1.82, 2.24) is 0 Å². The lowest BCUT2D eigenvalue weighted by molar-refractivity contribution is 1.25. The molecule has 0 saturated heterocycles. The highest BCUT2D eigenvalue weighted by Gasteiger charge is 2.24. The Labute approximate surface area is 269 Å². The SMILES string of the molecule is Cc1ccccc1N(c1ccc(-c2ccccc2)cc1)c1ccc2cc3c(cc2c1)-c1cc2ccc(-c4ccccc4)cc2cc1-3. The molecule has 0 atom stereocenters. The van der Waals surface area contributed by atoms with Crippen molar-refractivity contribution in [3.8, 4) is 44.5 Å². The second kappa shape index (κ2) is 10.6. The Bertz CT molecular complexity index is 2400. The predicted molar refractivity (Wildman–Crippen MR) is 196 cm³/mol. The molecule has 0 aliphatic heterocycles. The van der Waals surface area contributed by atoms with Crippen LogP contribution >= 0.6 is 0 Å².